The number of unbranched alkanes of at least 4 members (excludes halogenated alkanes) is 11. The van der Waals surface area contributed by atoms with Crippen molar-refractivity contribution in [1.82, 2.24) is 19.5 Å². The SMILES string of the molecule is CCCCCCCCCCCCCCOC[C@H]1O[C@@H](n2cnc3c(=O)[nH]c(N)nc32)[C@H](O)[C@@H]1O. The molecule has 0 aliphatic carbocycles. The highest BCUT2D eigenvalue weighted by molar-refractivity contribution is 5.70. The molecule has 0 bridgehead atoms. The first-order valence-electron chi connectivity index (χ1n) is 12.8. The topological polar surface area (TPSA) is 149 Å². The second-order valence-electron chi connectivity index (χ2n) is 9.29. The molecule has 0 spiro atoms. The van der Waals surface area contributed by atoms with Crippen LogP contribution in [0.1, 0.15) is 90.2 Å². The molecule has 2 aromatic heterocycles. The van der Waals surface area contributed by atoms with Gasteiger partial charge in [-0.2, -0.15) is 4.98 Å². The normalized spacial score (nSPS) is 22.7. The molecule has 10 heteroatoms. The summed E-state index contributed by atoms with van der Waals surface area (Å²) in [6.07, 6.45) is 12.8. The van der Waals surface area contributed by atoms with Crippen molar-refractivity contribution in [3.8, 4) is 0 Å². The summed E-state index contributed by atoms with van der Waals surface area (Å²) in [5.74, 6) is -0.0606. The Morgan fingerprint density at radius 1 is 1.03 bits per heavy atom. The third-order valence-corrected chi connectivity index (χ3v) is 6.49. The van der Waals surface area contributed by atoms with Gasteiger partial charge in [0.15, 0.2) is 17.4 Å². The van der Waals surface area contributed by atoms with Gasteiger partial charge in [-0.3, -0.25) is 14.3 Å². The molecule has 0 unspecified atom stereocenters. The van der Waals surface area contributed by atoms with E-state index in [9.17, 15) is 15.0 Å². The van der Waals surface area contributed by atoms with Gasteiger partial charge in [0.1, 0.15) is 18.3 Å². The lowest BCUT2D eigenvalue weighted by Gasteiger charge is -2.16. The lowest BCUT2D eigenvalue weighted by atomic mass is 10.1. The average molecular weight is 480 g/mol. The highest BCUT2D eigenvalue weighted by Crippen LogP contribution is 2.31. The number of imidazole rings is 1. The molecule has 1 saturated heterocycles. The van der Waals surface area contributed by atoms with Crippen LogP contribution in [0.25, 0.3) is 11.2 Å². The number of aromatic nitrogens is 4. The number of H-pyrrole nitrogens is 1. The van der Waals surface area contributed by atoms with Gasteiger partial charge in [0, 0.05) is 6.61 Å². The number of anilines is 1. The van der Waals surface area contributed by atoms with Gasteiger partial charge in [0.2, 0.25) is 5.95 Å². The van der Waals surface area contributed by atoms with E-state index in [4.69, 9.17) is 15.2 Å². The van der Waals surface area contributed by atoms with Crippen LogP contribution in [-0.2, 0) is 9.47 Å². The number of nitrogen functional groups attached to an aromatic ring is 1. The van der Waals surface area contributed by atoms with Crippen LogP contribution in [0.5, 0.6) is 0 Å². The van der Waals surface area contributed by atoms with E-state index in [0.29, 0.717) is 6.61 Å². The molecule has 5 N–H and O–H groups in total. The van der Waals surface area contributed by atoms with Crippen molar-refractivity contribution in [2.24, 2.45) is 0 Å². The van der Waals surface area contributed by atoms with E-state index in [1.54, 1.807) is 0 Å². The van der Waals surface area contributed by atoms with Gasteiger partial charge in [0.25, 0.3) is 5.56 Å². The fourth-order valence-corrected chi connectivity index (χ4v) is 4.47. The first-order chi connectivity index (χ1) is 16.5. The van der Waals surface area contributed by atoms with E-state index in [1.165, 1.54) is 75.1 Å². The molecular formula is C24H41N5O5. The highest BCUT2D eigenvalue weighted by Gasteiger charge is 2.44. The zero-order chi connectivity index (χ0) is 24.3. The van der Waals surface area contributed by atoms with Gasteiger partial charge in [-0.25, -0.2) is 4.98 Å². The van der Waals surface area contributed by atoms with Crippen molar-refractivity contribution in [3.63, 3.8) is 0 Å². The van der Waals surface area contributed by atoms with Crippen LogP contribution in [0.4, 0.5) is 5.95 Å². The van der Waals surface area contributed by atoms with E-state index in [0.717, 1.165) is 12.8 Å². The van der Waals surface area contributed by atoms with Crippen molar-refractivity contribution in [2.75, 3.05) is 18.9 Å². The summed E-state index contributed by atoms with van der Waals surface area (Å²) in [5, 5.41) is 20.9. The van der Waals surface area contributed by atoms with Gasteiger partial charge < -0.3 is 25.4 Å². The molecule has 0 amide bonds. The fourth-order valence-electron chi connectivity index (χ4n) is 4.47. The number of aromatic amines is 1. The minimum absolute atomic E-state index is 0.0606. The first-order valence-corrected chi connectivity index (χ1v) is 12.8. The Hall–Kier alpha value is -2.01. The number of hydrogen-bond acceptors (Lipinski definition) is 8. The summed E-state index contributed by atoms with van der Waals surface area (Å²) in [5.41, 5.74) is 5.43. The second kappa shape index (κ2) is 13.8. The third kappa shape index (κ3) is 7.24. The van der Waals surface area contributed by atoms with E-state index in [1.807, 2.05) is 0 Å². The molecule has 3 rings (SSSR count). The van der Waals surface area contributed by atoms with E-state index in [2.05, 4.69) is 21.9 Å². The van der Waals surface area contributed by atoms with E-state index < -0.39 is 30.1 Å². The average Bonchev–Trinajstić information content (AvgIpc) is 3.35. The van der Waals surface area contributed by atoms with Gasteiger partial charge in [-0.1, -0.05) is 77.6 Å². The molecule has 10 nitrogen and oxygen atoms in total. The second-order valence-corrected chi connectivity index (χ2v) is 9.29. The Bertz CT molecular complexity index is 917. The van der Waals surface area contributed by atoms with Gasteiger partial charge >= 0.3 is 0 Å². The lowest BCUT2D eigenvalue weighted by Crippen LogP contribution is -2.34. The Kier molecular flexibility index (Phi) is 10.8. The van der Waals surface area contributed by atoms with Gasteiger partial charge in [-0.15, -0.1) is 0 Å². The minimum atomic E-state index is -1.21. The molecule has 2 aromatic rings. The summed E-state index contributed by atoms with van der Waals surface area (Å²) < 4.78 is 13.0. The van der Waals surface area contributed by atoms with Crippen LogP contribution in [0.3, 0.4) is 0 Å². The highest BCUT2D eigenvalue weighted by atomic mass is 16.6. The Labute approximate surface area is 200 Å². The number of aliphatic hydroxyl groups is 2. The molecule has 0 saturated carbocycles. The molecule has 0 radical (unpaired) electrons. The van der Waals surface area contributed by atoms with Gasteiger partial charge in [-0.05, 0) is 6.42 Å². The zero-order valence-corrected chi connectivity index (χ0v) is 20.3. The first kappa shape index (κ1) is 26.6. The number of nitrogens with zero attached hydrogens (tertiary/aromatic N) is 3. The Balaban J connectivity index is 1.30. The number of aliphatic hydroxyl groups excluding tert-OH is 2. The van der Waals surface area contributed by atoms with Crippen molar-refractivity contribution in [3.05, 3.63) is 16.7 Å². The number of rotatable bonds is 16. The van der Waals surface area contributed by atoms with Crippen molar-refractivity contribution < 1.29 is 19.7 Å². The van der Waals surface area contributed by atoms with E-state index in [-0.39, 0.29) is 23.7 Å². The molecule has 1 aliphatic rings. The predicted octanol–water partition coefficient (Wildman–Crippen LogP) is 3.04. The Morgan fingerprint density at radius 2 is 1.65 bits per heavy atom. The molecule has 1 fully saturated rings. The lowest BCUT2D eigenvalue weighted by molar-refractivity contribution is -0.0657. The van der Waals surface area contributed by atoms with Crippen LogP contribution in [0.2, 0.25) is 0 Å². The standard InChI is InChI=1S/C24H41N5O5/c1-2-3-4-5-6-7-8-9-10-11-12-13-14-33-15-17-19(30)20(31)23(34-17)29-16-26-18-21(29)27-24(25)28-22(18)32/h16-17,19-20,23,30-31H,2-15H2,1H3,(H3,25,27,28,32)/t17-,19-,20-,23-/m1/s1. The maximum Gasteiger partial charge on any atom is 0.280 e. The number of nitrogens with two attached hydrogens (primary N) is 1. The number of ether oxygens (including phenoxy) is 2. The van der Waals surface area contributed by atoms with E-state index >= 15 is 0 Å². The number of nitrogens with one attached hydrogen (secondary N) is 1. The summed E-state index contributed by atoms with van der Waals surface area (Å²) in [7, 11) is 0. The van der Waals surface area contributed by atoms with Crippen LogP contribution < -0.4 is 11.3 Å². The maximum absolute atomic E-state index is 12.0. The summed E-state index contributed by atoms with van der Waals surface area (Å²) in [6, 6.07) is 0. The van der Waals surface area contributed by atoms with Crippen molar-refractivity contribution >= 4 is 17.1 Å². The summed E-state index contributed by atoms with van der Waals surface area (Å²) >= 11 is 0. The molecule has 1 aliphatic heterocycles. The molecular weight excluding hydrogens is 438 g/mol. The Morgan fingerprint density at radius 3 is 2.29 bits per heavy atom. The number of hydrogen-bond donors (Lipinski definition) is 4. The maximum atomic E-state index is 12.0. The van der Waals surface area contributed by atoms with Crippen LogP contribution in [0, 0.1) is 0 Å². The minimum Gasteiger partial charge on any atom is -0.387 e. The molecule has 34 heavy (non-hydrogen) atoms. The molecule has 0 aromatic carbocycles. The summed E-state index contributed by atoms with van der Waals surface area (Å²) in [6.45, 7) is 3.02. The third-order valence-electron chi connectivity index (χ3n) is 6.49. The van der Waals surface area contributed by atoms with Crippen molar-refractivity contribution in [2.45, 2.75) is 109 Å². The smallest absolute Gasteiger partial charge is 0.280 e. The monoisotopic (exact) mass is 479 g/mol. The van der Waals surface area contributed by atoms with Gasteiger partial charge in [0.05, 0.1) is 12.9 Å². The largest absolute Gasteiger partial charge is 0.387 e. The fraction of sp³-hybridized carbons (Fsp3) is 0.792. The van der Waals surface area contributed by atoms with Crippen LogP contribution >= 0.6 is 0 Å². The molecule has 192 valence electrons. The quantitative estimate of drug-likeness (QED) is 0.268. The van der Waals surface area contributed by atoms with Crippen LogP contribution in [0.15, 0.2) is 11.1 Å². The zero-order valence-electron chi connectivity index (χ0n) is 20.3. The predicted molar refractivity (Wildman–Crippen MR) is 130 cm³/mol. The molecule has 4 atom stereocenters. The number of fused-ring (bicyclic) bond motifs is 1. The molecule has 3 heterocycles. The van der Waals surface area contributed by atoms with Crippen molar-refractivity contribution in [1.29, 1.82) is 0 Å². The van der Waals surface area contributed by atoms with Crippen LogP contribution in [-0.4, -0.2) is 61.3 Å². The summed E-state index contributed by atoms with van der Waals surface area (Å²) in [4.78, 5) is 22.5.